The molecule has 99 valence electrons. The zero-order chi connectivity index (χ0) is 14.1. The number of rotatable bonds is 2. The fraction of sp³-hybridized carbons (Fsp3) is 0.273. The van der Waals surface area contributed by atoms with Gasteiger partial charge in [-0.05, 0) is 30.7 Å². The smallest absolute Gasteiger partial charge is 0.302 e. The summed E-state index contributed by atoms with van der Waals surface area (Å²) in [6.45, 7) is 1.14. The Morgan fingerprint density at radius 3 is 1.61 bits per heavy atom. The molecule has 1 aromatic carbocycles. The highest BCUT2D eigenvalue weighted by Gasteiger charge is 2.37. The summed E-state index contributed by atoms with van der Waals surface area (Å²) in [5.41, 5.74) is -3.27. The van der Waals surface area contributed by atoms with Crippen LogP contribution in [0.1, 0.15) is 23.6 Å². The van der Waals surface area contributed by atoms with Crippen LogP contribution >= 0.6 is 0 Å². The molecule has 1 aromatic rings. The van der Waals surface area contributed by atoms with Gasteiger partial charge in [0, 0.05) is 0 Å². The third-order valence-corrected chi connectivity index (χ3v) is 2.22. The van der Waals surface area contributed by atoms with Crippen LogP contribution in [0.3, 0.4) is 0 Å². The molecule has 0 saturated heterocycles. The lowest BCUT2D eigenvalue weighted by Gasteiger charge is -2.15. The topological polar surface area (TPSA) is 17.1 Å². The van der Waals surface area contributed by atoms with E-state index >= 15 is 0 Å². The summed E-state index contributed by atoms with van der Waals surface area (Å²) in [5.74, 6) is -0.202. The highest BCUT2D eigenvalue weighted by atomic mass is 19.4. The first-order chi connectivity index (χ1) is 8.05. The minimum atomic E-state index is -4.90. The van der Waals surface area contributed by atoms with Crippen molar-refractivity contribution in [3.05, 3.63) is 40.8 Å². The van der Waals surface area contributed by atoms with Gasteiger partial charge in [0.1, 0.15) is 6.29 Å². The van der Waals surface area contributed by atoms with E-state index in [-0.39, 0.29) is 18.3 Å². The fourth-order valence-corrected chi connectivity index (χ4v) is 1.25. The van der Waals surface area contributed by atoms with Gasteiger partial charge in [-0.25, -0.2) is 0 Å². The summed E-state index contributed by atoms with van der Waals surface area (Å²) in [6.07, 6.45) is -9.60. The molecule has 0 atom stereocenters. The van der Waals surface area contributed by atoms with Crippen LogP contribution in [0.4, 0.5) is 26.3 Å². The first-order valence-electron chi connectivity index (χ1n) is 4.64. The molecule has 0 amide bonds. The molecule has 1 radical (unpaired) electrons. The van der Waals surface area contributed by atoms with Gasteiger partial charge in [-0.2, -0.15) is 26.3 Å². The maximum atomic E-state index is 12.4. The molecule has 7 heteroatoms. The Morgan fingerprint density at radius 1 is 0.944 bits per heavy atom. The number of benzene rings is 1. The van der Waals surface area contributed by atoms with Crippen LogP contribution in [0, 0.1) is 5.92 Å². The van der Waals surface area contributed by atoms with E-state index in [4.69, 9.17) is 0 Å². The molecular weight excluding hydrogens is 262 g/mol. The molecule has 0 aliphatic heterocycles. The Bertz CT molecular complexity index is 414. The second-order valence-electron chi connectivity index (χ2n) is 3.60. The maximum absolute atomic E-state index is 12.4. The summed E-state index contributed by atoms with van der Waals surface area (Å²) in [5, 5.41) is 0. The monoisotopic (exact) mass is 269 g/mol. The SMILES string of the molecule is C[C](C=O)c1cc(C(F)(F)F)cc(C(F)(F)F)c1. The molecule has 0 heterocycles. The zero-order valence-electron chi connectivity index (χ0n) is 8.99. The number of carbonyl (C=O) groups excluding carboxylic acids is 1. The van der Waals surface area contributed by atoms with Crippen molar-refractivity contribution in [3.63, 3.8) is 0 Å². The molecule has 0 spiro atoms. The van der Waals surface area contributed by atoms with Crippen LogP contribution in [0.15, 0.2) is 18.2 Å². The second-order valence-corrected chi connectivity index (χ2v) is 3.60. The van der Waals surface area contributed by atoms with Gasteiger partial charge in [0.15, 0.2) is 0 Å². The summed E-state index contributed by atoms with van der Waals surface area (Å²) in [6, 6.07) is 1.04. The normalized spacial score (nSPS) is 12.9. The lowest BCUT2D eigenvalue weighted by Crippen LogP contribution is -2.12. The zero-order valence-corrected chi connectivity index (χ0v) is 8.99. The van der Waals surface area contributed by atoms with Gasteiger partial charge in [-0.3, -0.25) is 0 Å². The van der Waals surface area contributed by atoms with Gasteiger partial charge in [-0.1, -0.05) is 0 Å². The first kappa shape index (κ1) is 14.5. The average molecular weight is 269 g/mol. The molecular formula is C11H7F6O. The number of alkyl halides is 6. The number of hydrogen-bond acceptors (Lipinski definition) is 1. The van der Waals surface area contributed by atoms with E-state index in [0.717, 1.165) is 6.92 Å². The average Bonchev–Trinajstić information content (AvgIpc) is 2.25. The summed E-state index contributed by atoms with van der Waals surface area (Å²) < 4.78 is 74.6. The Kier molecular flexibility index (Phi) is 3.73. The standard InChI is InChI=1S/C11H7F6O/c1-6(5-18)7-2-8(10(12,13)14)4-9(3-7)11(15,16)17/h2-5H,1H3. The fourth-order valence-electron chi connectivity index (χ4n) is 1.25. The van der Waals surface area contributed by atoms with Gasteiger partial charge >= 0.3 is 12.4 Å². The Morgan fingerprint density at radius 2 is 1.33 bits per heavy atom. The molecule has 0 saturated carbocycles. The molecule has 0 bridgehead atoms. The molecule has 0 N–H and O–H groups in total. The van der Waals surface area contributed by atoms with Crippen molar-refractivity contribution in [2.24, 2.45) is 0 Å². The van der Waals surface area contributed by atoms with E-state index in [1.807, 2.05) is 0 Å². The van der Waals surface area contributed by atoms with E-state index in [9.17, 15) is 31.1 Å². The Hall–Kier alpha value is -1.53. The van der Waals surface area contributed by atoms with Crippen molar-refractivity contribution in [3.8, 4) is 0 Å². The van der Waals surface area contributed by atoms with Crippen LogP contribution in [-0.4, -0.2) is 6.29 Å². The minimum absolute atomic E-state index is 0.0155. The first-order valence-corrected chi connectivity index (χ1v) is 4.64. The van der Waals surface area contributed by atoms with Crippen molar-refractivity contribution in [2.75, 3.05) is 0 Å². The van der Waals surface area contributed by atoms with Crippen molar-refractivity contribution in [1.29, 1.82) is 0 Å². The van der Waals surface area contributed by atoms with Crippen molar-refractivity contribution < 1.29 is 31.1 Å². The molecule has 18 heavy (non-hydrogen) atoms. The molecule has 0 aliphatic rings. The van der Waals surface area contributed by atoms with Crippen LogP contribution in [-0.2, 0) is 17.1 Å². The van der Waals surface area contributed by atoms with E-state index in [1.54, 1.807) is 0 Å². The Labute approximate surface area is 98.4 Å². The van der Waals surface area contributed by atoms with Gasteiger partial charge in [0.2, 0.25) is 0 Å². The maximum Gasteiger partial charge on any atom is 0.416 e. The predicted molar refractivity (Wildman–Crippen MR) is 50.5 cm³/mol. The van der Waals surface area contributed by atoms with E-state index in [0.29, 0.717) is 12.1 Å². The van der Waals surface area contributed by atoms with Crippen LogP contribution in [0.5, 0.6) is 0 Å². The van der Waals surface area contributed by atoms with Crippen LogP contribution in [0.2, 0.25) is 0 Å². The Balaban J connectivity index is 3.43. The van der Waals surface area contributed by atoms with Gasteiger partial charge in [0.05, 0.1) is 17.0 Å². The summed E-state index contributed by atoms with van der Waals surface area (Å²) >= 11 is 0. The summed E-state index contributed by atoms with van der Waals surface area (Å²) in [7, 11) is 0. The van der Waals surface area contributed by atoms with Gasteiger partial charge in [0.25, 0.3) is 0 Å². The van der Waals surface area contributed by atoms with Gasteiger partial charge in [-0.15, -0.1) is 0 Å². The highest BCUT2D eigenvalue weighted by molar-refractivity contribution is 5.75. The number of halogens is 6. The molecule has 0 fully saturated rings. The van der Waals surface area contributed by atoms with Crippen molar-refractivity contribution in [1.82, 2.24) is 0 Å². The summed E-state index contributed by atoms with van der Waals surface area (Å²) in [4.78, 5) is 10.4. The van der Waals surface area contributed by atoms with Gasteiger partial charge < -0.3 is 4.79 Å². The molecule has 0 aliphatic carbocycles. The minimum Gasteiger partial charge on any atom is -0.302 e. The van der Waals surface area contributed by atoms with Crippen molar-refractivity contribution in [2.45, 2.75) is 19.3 Å². The molecule has 1 nitrogen and oxygen atoms in total. The lowest BCUT2D eigenvalue weighted by molar-refractivity contribution is -0.143. The number of aldehydes is 1. The van der Waals surface area contributed by atoms with E-state index < -0.39 is 29.0 Å². The van der Waals surface area contributed by atoms with Crippen LogP contribution < -0.4 is 0 Å². The quantitative estimate of drug-likeness (QED) is 0.588. The van der Waals surface area contributed by atoms with Crippen LogP contribution in [0.25, 0.3) is 0 Å². The van der Waals surface area contributed by atoms with E-state index in [2.05, 4.69) is 0 Å². The molecule has 0 unspecified atom stereocenters. The highest BCUT2D eigenvalue weighted by Crippen LogP contribution is 2.37. The second kappa shape index (κ2) is 4.62. The lowest BCUT2D eigenvalue weighted by atomic mass is 9.97. The van der Waals surface area contributed by atoms with E-state index in [1.165, 1.54) is 0 Å². The number of hydrogen-bond donors (Lipinski definition) is 0. The van der Waals surface area contributed by atoms with Crippen molar-refractivity contribution >= 4 is 6.29 Å². The molecule has 0 aromatic heterocycles. The third kappa shape index (κ3) is 3.24. The largest absolute Gasteiger partial charge is 0.416 e. The molecule has 1 rings (SSSR count). The number of carbonyl (C=O) groups is 1. The predicted octanol–water partition coefficient (Wildman–Crippen LogP) is 3.87. The third-order valence-electron chi connectivity index (χ3n) is 2.22.